The van der Waals surface area contributed by atoms with Gasteiger partial charge < -0.3 is 19.5 Å². The number of nitrogens with one attached hydrogen (secondary N) is 1. The number of rotatable bonds is 7. The van der Waals surface area contributed by atoms with E-state index in [0.717, 1.165) is 11.3 Å². The normalized spacial score (nSPS) is 10.1. The number of ether oxygens (including phenoxy) is 3. The van der Waals surface area contributed by atoms with Gasteiger partial charge in [-0.3, -0.25) is 4.79 Å². The second-order valence-electron chi connectivity index (χ2n) is 5.08. The van der Waals surface area contributed by atoms with Crippen molar-refractivity contribution in [3.05, 3.63) is 54.1 Å². The van der Waals surface area contributed by atoms with Crippen molar-refractivity contribution in [2.75, 3.05) is 25.6 Å². The number of aryl methyl sites for hydroxylation is 1. The van der Waals surface area contributed by atoms with Crippen LogP contribution in [0.1, 0.15) is 5.56 Å². The van der Waals surface area contributed by atoms with Gasteiger partial charge in [0, 0.05) is 12.8 Å². The van der Waals surface area contributed by atoms with E-state index < -0.39 is 11.9 Å². The lowest BCUT2D eigenvalue weighted by Crippen LogP contribution is -2.22. The average molecular weight is 329 g/mol. The molecule has 0 heterocycles. The van der Waals surface area contributed by atoms with Gasteiger partial charge >= 0.3 is 5.97 Å². The van der Waals surface area contributed by atoms with Gasteiger partial charge in [0.25, 0.3) is 5.91 Å². The molecule has 0 aliphatic rings. The smallest absolute Gasteiger partial charge is 0.332 e. The van der Waals surface area contributed by atoms with E-state index in [1.54, 1.807) is 24.3 Å². The fourth-order valence-corrected chi connectivity index (χ4v) is 1.85. The van der Waals surface area contributed by atoms with E-state index in [1.165, 1.54) is 7.11 Å². The van der Waals surface area contributed by atoms with E-state index in [1.807, 2.05) is 31.2 Å². The van der Waals surface area contributed by atoms with E-state index in [4.69, 9.17) is 9.47 Å². The minimum atomic E-state index is -0.588. The highest BCUT2D eigenvalue weighted by Crippen LogP contribution is 2.23. The van der Waals surface area contributed by atoms with Crippen molar-refractivity contribution in [3.63, 3.8) is 0 Å². The summed E-state index contributed by atoms with van der Waals surface area (Å²) in [6.07, 6.45) is 0. The third-order valence-electron chi connectivity index (χ3n) is 3.02. The summed E-state index contributed by atoms with van der Waals surface area (Å²) in [5.74, 6) is 0.381. The highest BCUT2D eigenvalue weighted by atomic mass is 16.6. The van der Waals surface area contributed by atoms with Gasteiger partial charge in [-0.05, 0) is 43.3 Å². The average Bonchev–Trinajstić information content (AvgIpc) is 2.57. The molecule has 0 aromatic heterocycles. The van der Waals surface area contributed by atoms with Gasteiger partial charge in [-0.25, -0.2) is 4.79 Å². The molecule has 2 aromatic carbocycles. The Balaban J connectivity index is 1.84. The van der Waals surface area contributed by atoms with Crippen molar-refractivity contribution in [1.82, 2.24) is 0 Å². The molecular formula is C18H19NO5. The Morgan fingerprint density at radius 1 is 0.917 bits per heavy atom. The molecule has 0 fully saturated rings. The molecule has 24 heavy (non-hydrogen) atoms. The van der Waals surface area contributed by atoms with E-state index in [0.29, 0.717) is 11.4 Å². The molecule has 2 aromatic rings. The molecule has 0 aliphatic carbocycles. The Bertz CT molecular complexity index is 680. The van der Waals surface area contributed by atoms with Crippen LogP contribution in [-0.2, 0) is 19.1 Å². The zero-order valence-electron chi connectivity index (χ0n) is 13.6. The number of anilines is 1. The Morgan fingerprint density at radius 2 is 1.50 bits per heavy atom. The van der Waals surface area contributed by atoms with Crippen LogP contribution >= 0.6 is 0 Å². The molecule has 2 rings (SSSR count). The molecule has 6 heteroatoms. The quantitative estimate of drug-likeness (QED) is 0.791. The monoisotopic (exact) mass is 329 g/mol. The number of methoxy groups -OCH3 is 1. The van der Waals surface area contributed by atoms with E-state index in [-0.39, 0.29) is 13.2 Å². The van der Waals surface area contributed by atoms with Crippen LogP contribution in [0.5, 0.6) is 11.5 Å². The molecule has 126 valence electrons. The summed E-state index contributed by atoms with van der Waals surface area (Å²) in [5, 5.41) is 2.63. The van der Waals surface area contributed by atoms with Crippen molar-refractivity contribution in [3.8, 4) is 11.5 Å². The third-order valence-corrected chi connectivity index (χ3v) is 3.02. The Kier molecular flexibility index (Phi) is 6.33. The largest absolute Gasteiger partial charge is 0.457 e. The van der Waals surface area contributed by atoms with Crippen LogP contribution in [0.15, 0.2) is 48.5 Å². The number of amides is 1. The second-order valence-corrected chi connectivity index (χ2v) is 5.08. The first kappa shape index (κ1) is 17.5. The van der Waals surface area contributed by atoms with Crippen LogP contribution in [0.3, 0.4) is 0 Å². The van der Waals surface area contributed by atoms with Crippen molar-refractivity contribution < 1.29 is 23.8 Å². The van der Waals surface area contributed by atoms with Crippen LogP contribution in [0.2, 0.25) is 0 Å². The van der Waals surface area contributed by atoms with Gasteiger partial charge in [-0.2, -0.15) is 0 Å². The van der Waals surface area contributed by atoms with Crippen molar-refractivity contribution in [2.45, 2.75) is 6.92 Å². The molecule has 6 nitrogen and oxygen atoms in total. The first-order valence-electron chi connectivity index (χ1n) is 7.36. The van der Waals surface area contributed by atoms with Gasteiger partial charge in [0.2, 0.25) is 0 Å². The van der Waals surface area contributed by atoms with Crippen molar-refractivity contribution in [2.24, 2.45) is 0 Å². The van der Waals surface area contributed by atoms with Gasteiger partial charge in [0.15, 0.2) is 6.61 Å². The Hall–Kier alpha value is -2.86. The van der Waals surface area contributed by atoms with Gasteiger partial charge in [0.1, 0.15) is 18.1 Å². The number of hydrogen-bond donors (Lipinski definition) is 1. The topological polar surface area (TPSA) is 73.9 Å². The third kappa shape index (κ3) is 5.73. The SMILES string of the molecule is COCC(=O)OCC(=O)Nc1ccc(Oc2ccc(C)cc2)cc1. The van der Waals surface area contributed by atoms with E-state index >= 15 is 0 Å². The van der Waals surface area contributed by atoms with Crippen molar-refractivity contribution >= 4 is 17.6 Å². The van der Waals surface area contributed by atoms with Crippen LogP contribution < -0.4 is 10.1 Å². The first-order chi connectivity index (χ1) is 11.6. The fraction of sp³-hybridized carbons (Fsp3) is 0.222. The zero-order valence-corrected chi connectivity index (χ0v) is 13.6. The predicted molar refractivity (Wildman–Crippen MR) is 89.2 cm³/mol. The fourth-order valence-electron chi connectivity index (χ4n) is 1.85. The number of hydrogen-bond acceptors (Lipinski definition) is 5. The minimum Gasteiger partial charge on any atom is -0.457 e. The number of carbonyl (C=O) groups is 2. The first-order valence-corrected chi connectivity index (χ1v) is 7.36. The summed E-state index contributed by atoms with van der Waals surface area (Å²) >= 11 is 0. The van der Waals surface area contributed by atoms with E-state index in [2.05, 4.69) is 10.1 Å². The predicted octanol–water partition coefficient (Wildman–Crippen LogP) is 2.92. The summed E-state index contributed by atoms with van der Waals surface area (Å²) in [6.45, 7) is 1.47. The maximum atomic E-state index is 11.7. The maximum Gasteiger partial charge on any atom is 0.332 e. The molecule has 0 saturated heterocycles. The lowest BCUT2D eigenvalue weighted by Gasteiger charge is -2.08. The number of carbonyl (C=O) groups excluding carboxylic acids is 2. The molecule has 0 bridgehead atoms. The zero-order chi connectivity index (χ0) is 17.4. The molecule has 0 aliphatic heterocycles. The van der Waals surface area contributed by atoms with Crippen LogP contribution in [0.4, 0.5) is 5.69 Å². The minimum absolute atomic E-state index is 0.182. The van der Waals surface area contributed by atoms with Crippen LogP contribution in [0, 0.1) is 6.92 Å². The Labute approximate surface area is 140 Å². The Morgan fingerprint density at radius 3 is 2.08 bits per heavy atom. The highest BCUT2D eigenvalue weighted by Gasteiger charge is 2.07. The summed E-state index contributed by atoms with van der Waals surface area (Å²) in [7, 11) is 1.38. The summed E-state index contributed by atoms with van der Waals surface area (Å²) in [6, 6.07) is 14.6. The molecular weight excluding hydrogens is 310 g/mol. The second kappa shape index (κ2) is 8.69. The highest BCUT2D eigenvalue weighted by molar-refractivity contribution is 5.92. The standard InChI is InChI=1S/C18H19NO5/c1-13-3-7-15(8-4-13)24-16-9-5-14(6-10-16)19-17(20)11-23-18(21)12-22-2/h3-10H,11-12H2,1-2H3,(H,19,20). The van der Waals surface area contributed by atoms with Crippen LogP contribution in [0.25, 0.3) is 0 Å². The van der Waals surface area contributed by atoms with Gasteiger partial charge in [-0.1, -0.05) is 17.7 Å². The summed E-state index contributed by atoms with van der Waals surface area (Å²) in [4.78, 5) is 22.8. The van der Waals surface area contributed by atoms with Gasteiger partial charge in [0.05, 0.1) is 0 Å². The van der Waals surface area contributed by atoms with E-state index in [9.17, 15) is 9.59 Å². The molecule has 0 unspecified atom stereocenters. The lowest BCUT2D eigenvalue weighted by molar-refractivity contribution is -0.150. The molecule has 0 saturated carbocycles. The van der Waals surface area contributed by atoms with Crippen molar-refractivity contribution in [1.29, 1.82) is 0 Å². The summed E-state index contributed by atoms with van der Waals surface area (Å²) in [5.41, 5.74) is 1.74. The molecule has 0 radical (unpaired) electrons. The molecule has 1 amide bonds. The van der Waals surface area contributed by atoms with Gasteiger partial charge in [-0.15, -0.1) is 0 Å². The molecule has 0 atom stereocenters. The number of esters is 1. The lowest BCUT2D eigenvalue weighted by atomic mass is 10.2. The molecule has 1 N–H and O–H groups in total. The summed E-state index contributed by atoms with van der Waals surface area (Å²) < 4.78 is 15.0. The van der Waals surface area contributed by atoms with Crippen LogP contribution in [-0.4, -0.2) is 32.2 Å². The molecule has 0 spiro atoms. The maximum absolute atomic E-state index is 11.7. The number of benzene rings is 2.